The number of rotatable bonds is 4. The Hall–Kier alpha value is -2.57. The SMILES string of the molecule is CN1CCN(C(=O)c2ccc(-c3nc4cc(Cl)c(Cl)cc4n3Cc3ccc(Cl)cc3)cc2)CC1. The number of likely N-dealkylation sites (N-methyl/N-ethyl adjacent to an activating group) is 1. The lowest BCUT2D eigenvalue weighted by atomic mass is 10.1. The van der Waals surface area contributed by atoms with Gasteiger partial charge in [-0.2, -0.15) is 0 Å². The van der Waals surface area contributed by atoms with Crippen LogP contribution >= 0.6 is 34.8 Å². The van der Waals surface area contributed by atoms with Crippen LogP contribution < -0.4 is 0 Å². The molecule has 174 valence electrons. The zero-order valence-corrected chi connectivity index (χ0v) is 20.9. The van der Waals surface area contributed by atoms with Crippen LogP contribution in [0.5, 0.6) is 0 Å². The first-order valence-corrected chi connectivity index (χ1v) is 12.2. The summed E-state index contributed by atoms with van der Waals surface area (Å²) >= 11 is 18.7. The van der Waals surface area contributed by atoms with Crippen molar-refractivity contribution in [1.82, 2.24) is 19.4 Å². The fourth-order valence-electron chi connectivity index (χ4n) is 4.23. The van der Waals surface area contributed by atoms with Gasteiger partial charge >= 0.3 is 0 Å². The van der Waals surface area contributed by atoms with E-state index < -0.39 is 0 Å². The average molecular weight is 514 g/mol. The first kappa shape index (κ1) is 23.2. The summed E-state index contributed by atoms with van der Waals surface area (Å²) in [5.41, 5.74) is 4.32. The molecule has 0 N–H and O–H groups in total. The van der Waals surface area contributed by atoms with Crippen LogP contribution in [-0.2, 0) is 6.54 Å². The molecule has 5 nitrogen and oxygen atoms in total. The van der Waals surface area contributed by atoms with Gasteiger partial charge in [0.1, 0.15) is 5.82 Å². The number of amides is 1. The van der Waals surface area contributed by atoms with Crippen LogP contribution in [0.2, 0.25) is 15.1 Å². The molecule has 34 heavy (non-hydrogen) atoms. The average Bonchev–Trinajstić information content (AvgIpc) is 3.18. The van der Waals surface area contributed by atoms with Crippen molar-refractivity contribution < 1.29 is 4.79 Å². The maximum Gasteiger partial charge on any atom is 0.253 e. The number of halogens is 3. The quantitative estimate of drug-likeness (QED) is 0.331. The maximum absolute atomic E-state index is 13.0. The van der Waals surface area contributed by atoms with E-state index in [1.165, 1.54) is 0 Å². The number of hydrogen-bond donors (Lipinski definition) is 0. The number of nitrogens with zero attached hydrogens (tertiary/aromatic N) is 4. The molecule has 0 aliphatic carbocycles. The molecule has 1 aliphatic heterocycles. The van der Waals surface area contributed by atoms with Gasteiger partial charge in [-0.3, -0.25) is 4.79 Å². The van der Waals surface area contributed by atoms with Crippen LogP contribution in [0.25, 0.3) is 22.4 Å². The summed E-state index contributed by atoms with van der Waals surface area (Å²) in [6, 6.07) is 19.0. The number of piperazine rings is 1. The smallest absolute Gasteiger partial charge is 0.253 e. The second-order valence-corrected chi connectivity index (χ2v) is 9.83. The van der Waals surface area contributed by atoms with E-state index in [1.807, 2.05) is 59.5 Å². The normalized spacial score (nSPS) is 14.6. The van der Waals surface area contributed by atoms with Crippen molar-refractivity contribution in [1.29, 1.82) is 0 Å². The Morgan fingerprint density at radius 1 is 0.882 bits per heavy atom. The van der Waals surface area contributed by atoms with Gasteiger partial charge in [0.25, 0.3) is 5.91 Å². The van der Waals surface area contributed by atoms with Crippen molar-refractivity contribution in [3.05, 3.63) is 86.9 Å². The number of hydrogen-bond acceptors (Lipinski definition) is 3. The number of imidazole rings is 1. The zero-order chi connectivity index (χ0) is 23.8. The van der Waals surface area contributed by atoms with Crippen LogP contribution in [0.3, 0.4) is 0 Å². The zero-order valence-electron chi connectivity index (χ0n) is 18.6. The molecule has 1 amide bonds. The van der Waals surface area contributed by atoms with Gasteiger partial charge in [0.15, 0.2) is 0 Å². The van der Waals surface area contributed by atoms with Gasteiger partial charge in [0, 0.05) is 48.9 Å². The Kier molecular flexibility index (Phi) is 6.54. The summed E-state index contributed by atoms with van der Waals surface area (Å²) in [6.07, 6.45) is 0. The summed E-state index contributed by atoms with van der Waals surface area (Å²) in [5, 5.41) is 1.63. The highest BCUT2D eigenvalue weighted by molar-refractivity contribution is 6.42. The Morgan fingerprint density at radius 3 is 2.21 bits per heavy atom. The van der Waals surface area contributed by atoms with E-state index in [1.54, 1.807) is 6.07 Å². The van der Waals surface area contributed by atoms with Crippen molar-refractivity contribution in [3.8, 4) is 11.4 Å². The molecule has 0 bridgehead atoms. The van der Waals surface area contributed by atoms with E-state index in [-0.39, 0.29) is 5.91 Å². The second kappa shape index (κ2) is 9.59. The van der Waals surface area contributed by atoms with Gasteiger partial charge in [0.05, 0.1) is 21.1 Å². The van der Waals surface area contributed by atoms with Crippen LogP contribution in [0, 0.1) is 0 Å². The van der Waals surface area contributed by atoms with Crippen LogP contribution in [-0.4, -0.2) is 58.5 Å². The van der Waals surface area contributed by atoms with E-state index in [4.69, 9.17) is 39.8 Å². The van der Waals surface area contributed by atoms with E-state index >= 15 is 0 Å². The Bertz CT molecular complexity index is 1340. The molecule has 1 aliphatic rings. The highest BCUT2D eigenvalue weighted by Crippen LogP contribution is 2.32. The summed E-state index contributed by atoms with van der Waals surface area (Å²) < 4.78 is 2.11. The minimum atomic E-state index is 0.0629. The number of carbonyl (C=O) groups is 1. The minimum absolute atomic E-state index is 0.0629. The number of benzene rings is 3. The molecule has 5 rings (SSSR count). The second-order valence-electron chi connectivity index (χ2n) is 8.58. The molecule has 0 unspecified atom stereocenters. The topological polar surface area (TPSA) is 41.4 Å². The minimum Gasteiger partial charge on any atom is -0.336 e. The summed E-state index contributed by atoms with van der Waals surface area (Å²) in [6.45, 7) is 3.86. The summed E-state index contributed by atoms with van der Waals surface area (Å²) in [4.78, 5) is 22.0. The molecule has 1 saturated heterocycles. The third-order valence-electron chi connectivity index (χ3n) is 6.22. The highest BCUT2D eigenvalue weighted by Gasteiger charge is 2.21. The number of aromatic nitrogens is 2. The molecule has 2 heterocycles. The Labute approximate surface area is 213 Å². The lowest BCUT2D eigenvalue weighted by Gasteiger charge is -2.32. The first-order chi connectivity index (χ1) is 16.4. The predicted octanol–water partition coefficient (Wildman–Crippen LogP) is 6.10. The third kappa shape index (κ3) is 4.66. The monoisotopic (exact) mass is 512 g/mol. The number of fused-ring (bicyclic) bond motifs is 1. The lowest BCUT2D eigenvalue weighted by molar-refractivity contribution is 0.0664. The molecule has 0 radical (unpaired) electrons. The third-order valence-corrected chi connectivity index (χ3v) is 7.20. The van der Waals surface area contributed by atoms with Crippen molar-refractivity contribution in [2.24, 2.45) is 0 Å². The molecular weight excluding hydrogens is 491 g/mol. The highest BCUT2D eigenvalue weighted by atomic mass is 35.5. The fraction of sp³-hybridized carbons (Fsp3) is 0.231. The maximum atomic E-state index is 13.0. The van der Waals surface area contributed by atoms with E-state index in [0.717, 1.165) is 54.2 Å². The van der Waals surface area contributed by atoms with E-state index in [2.05, 4.69) is 16.5 Å². The standard InChI is InChI=1S/C26H23Cl3N4O/c1-31-10-12-32(13-11-31)26(34)19-6-4-18(5-7-19)25-30-23-14-21(28)22(29)15-24(23)33(25)16-17-2-8-20(27)9-3-17/h2-9,14-15H,10-13,16H2,1H3. The van der Waals surface area contributed by atoms with Crippen molar-refractivity contribution in [2.45, 2.75) is 6.54 Å². The summed E-state index contributed by atoms with van der Waals surface area (Å²) in [7, 11) is 2.08. The van der Waals surface area contributed by atoms with Gasteiger partial charge in [-0.1, -0.05) is 59.1 Å². The molecule has 1 fully saturated rings. The van der Waals surface area contributed by atoms with Crippen molar-refractivity contribution in [3.63, 3.8) is 0 Å². The van der Waals surface area contributed by atoms with Gasteiger partial charge in [-0.25, -0.2) is 4.98 Å². The first-order valence-electron chi connectivity index (χ1n) is 11.1. The van der Waals surface area contributed by atoms with Crippen LogP contribution in [0.1, 0.15) is 15.9 Å². The molecule has 0 atom stereocenters. The molecule has 4 aromatic rings. The molecule has 3 aromatic carbocycles. The van der Waals surface area contributed by atoms with Gasteiger partial charge in [-0.05, 0) is 49.0 Å². The van der Waals surface area contributed by atoms with Gasteiger partial charge in [-0.15, -0.1) is 0 Å². The largest absolute Gasteiger partial charge is 0.336 e. The molecule has 8 heteroatoms. The Morgan fingerprint density at radius 2 is 1.53 bits per heavy atom. The number of carbonyl (C=O) groups excluding carboxylic acids is 1. The lowest BCUT2D eigenvalue weighted by Crippen LogP contribution is -2.47. The summed E-state index contributed by atoms with van der Waals surface area (Å²) in [5.74, 6) is 0.842. The molecule has 1 aromatic heterocycles. The molecule has 0 saturated carbocycles. The van der Waals surface area contributed by atoms with Gasteiger partial charge < -0.3 is 14.4 Å². The van der Waals surface area contributed by atoms with E-state index in [9.17, 15) is 4.79 Å². The molecule has 0 spiro atoms. The fourth-order valence-corrected chi connectivity index (χ4v) is 4.67. The van der Waals surface area contributed by atoms with E-state index in [0.29, 0.717) is 27.2 Å². The van der Waals surface area contributed by atoms with Crippen LogP contribution in [0.15, 0.2) is 60.7 Å². The Balaban J connectivity index is 1.51. The van der Waals surface area contributed by atoms with Crippen molar-refractivity contribution in [2.75, 3.05) is 33.2 Å². The van der Waals surface area contributed by atoms with Crippen LogP contribution in [0.4, 0.5) is 0 Å². The van der Waals surface area contributed by atoms with Crippen molar-refractivity contribution >= 4 is 51.7 Å². The van der Waals surface area contributed by atoms with Gasteiger partial charge in [0.2, 0.25) is 0 Å². The predicted molar refractivity (Wildman–Crippen MR) is 139 cm³/mol. The molecular formula is C26H23Cl3N4O.